The average molecular weight is 398 g/mol. The van der Waals surface area contributed by atoms with Crippen molar-refractivity contribution in [2.75, 3.05) is 18.8 Å². The molecule has 1 unspecified atom stereocenters. The molecule has 3 heterocycles. The van der Waals surface area contributed by atoms with Gasteiger partial charge in [-0.15, -0.1) is 10.2 Å². The Labute approximate surface area is 169 Å². The first kappa shape index (κ1) is 19.2. The van der Waals surface area contributed by atoms with Gasteiger partial charge in [0.15, 0.2) is 10.8 Å². The SMILES string of the molecule is CC1CCCN(C(=O)CSc2nnc3c4ccccc4nc(C(C)(C)C)n23)C1. The number of hydrogen-bond acceptors (Lipinski definition) is 5. The van der Waals surface area contributed by atoms with Crippen LogP contribution in [0, 0.1) is 5.92 Å². The van der Waals surface area contributed by atoms with E-state index in [-0.39, 0.29) is 11.3 Å². The first-order valence-corrected chi connectivity index (χ1v) is 10.9. The largest absolute Gasteiger partial charge is 0.342 e. The Hall–Kier alpha value is -2.15. The number of hydrogen-bond donors (Lipinski definition) is 0. The summed E-state index contributed by atoms with van der Waals surface area (Å²) < 4.78 is 2.03. The maximum Gasteiger partial charge on any atom is 0.233 e. The molecule has 1 saturated heterocycles. The van der Waals surface area contributed by atoms with Crippen LogP contribution in [0.5, 0.6) is 0 Å². The van der Waals surface area contributed by atoms with Gasteiger partial charge in [-0.05, 0) is 30.9 Å². The number of rotatable bonds is 3. The van der Waals surface area contributed by atoms with Crippen LogP contribution in [0.25, 0.3) is 16.6 Å². The van der Waals surface area contributed by atoms with E-state index < -0.39 is 0 Å². The number of likely N-dealkylation sites (tertiary alicyclic amines) is 1. The number of fused-ring (bicyclic) bond motifs is 3. The van der Waals surface area contributed by atoms with Gasteiger partial charge in [0.25, 0.3) is 0 Å². The molecule has 148 valence electrons. The van der Waals surface area contributed by atoms with Gasteiger partial charge in [0.1, 0.15) is 5.82 Å². The second kappa shape index (κ2) is 7.35. The normalized spacial score (nSPS) is 18.1. The van der Waals surface area contributed by atoms with Crippen LogP contribution in [0.2, 0.25) is 0 Å². The van der Waals surface area contributed by atoms with Crippen molar-refractivity contribution in [2.24, 2.45) is 5.92 Å². The standard InChI is InChI=1S/C21H27N5OS/c1-14-8-7-11-25(12-14)17(27)13-28-20-24-23-18-15-9-5-6-10-16(15)22-19(26(18)20)21(2,3)4/h5-6,9-10,14H,7-8,11-13H2,1-4H3. The lowest BCUT2D eigenvalue weighted by atomic mass is 9.95. The molecule has 0 bridgehead atoms. The zero-order valence-corrected chi connectivity index (χ0v) is 17.8. The highest BCUT2D eigenvalue weighted by Gasteiger charge is 2.26. The van der Waals surface area contributed by atoms with Crippen LogP contribution < -0.4 is 0 Å². The Balaban J connectivity index is 1.68. The molecule has 1 aliphatic rings. The lowest BCUT2D eigenvalue weighted by molar-refractivity contribution is -0.130. The minimum absolute atomic E-state index is 0.174. The summed E-state index contributed by atoms with van der Waals surface area (Å²) in [7, 11) is 0. The Kier molecular flexibility index (Phi) is 5.04. The number of aromatic nitrogens is 4. The van der Waals surface area contributed by atoms with Gasteiger partial charge in [-0.2, -0.15) is 0 Å². The lowest BCUT2D eigenvalue weighted by Gasteiger charge is -2.30. The van der Waals surface area contributed by atoms with Crippen LogP contribution in [0.1, 0.15) is 46.4 Å². The molecule has 1 fully saturated rings. The zero-order valence-electron chi connectivity index (χ0n) is 17.0. The highest BCUT2D eigenvalue weighted by Crippen LogP contribution is 2.30. The fourth-order valence-corrected chi connectivity index (χ4v) is 4.63. The van der Waals surface area contributed by atoms with Crippen molar-refractivity contribution in [3.8, 4) is 0 Å². The lowest BCUT2D eigenvalue weighted by Crippen LogP contribution is -2.40. The molecular formula is C21H27N5OS. The number of thioether (sulfide) groups is 1. The van der Waals surface area contributed by atoms with Gasteiger partial charge in [-0.1, -0.05) is 51.6 Å². The Morgan fingerprint density at radius 1 is 1.25 bits per heavy atom. The monoisotopic (exact) mass is 397 g/mol. The van der Waals surface area contributed by atoms with Crippen molar-refractivity contribution in [3.05, 3.63) is 30.1 Å². The Bertz CT molecular complexity index is 1020. The van der Waals surface area contributed by atoms with E-state index in [1.165, 1.54) is 18.2 Å². The predicted molar refractivity (Wildman–Crippen MR) is 113 cm³/mol. The molecule has 4 rings (SSSR count). The smallest absolute Gasteiger partial charge is 0.233 e. The fraction of sp³-hybridized carbons (Fsp3) is 0.524. The highest BCUT2D eigenvalue weighted by atomic mass is 32.2. The quantitative estimate of drug-likeness (QED) is 0.627. The summed E-state index contributed by atoms with van der Waals surface area (Å²) >= 11 is 1.46. The third kappa shape index (κ3) is 3.60. The second-order valence-corrected chi connectivity index (χ2v) is 9.66. The maximum absolute atomic E-state index is 12.7. The summed E-state index contributed by atoms with van der Waals surface area (Å²) in [6.45, 7) is 10.4. The second-order valence-electron chi connectivity index (χ2n) is 8.72. The van der Waals surface area contributed by atoms with Crippen LogP contribution in [-0.4, -0.2) is 49.2 Å². The van der Waals surface area contributed by atoms with E-state index >= 15 is 0 Å². The minimum Gasteiger partial charge on any atom is -0.342 e. The van der Waals surface area contributed by atoms with Crippen LogP contribution in [0.4, 0.5) is 0 Å². The summed E-state index contributed by atoms with van der Waals surface area (Å²) in [5, 5.41) is 10.6. The first-order valence-electron chi connectivity index (χ1n) is 9.89. The van der Waals surface area contributed by atoms with Crippen molar-refractivity contribution in [2.45, 2.75) is 51.1 Å². The maximum atomic E-state index is 12.7. The molecule has 7 heteroatoms. The van der Waals surface area contributed by atoms with E-state index in [4.69, 9.17) is 4.98 Å². The van der Waals surface area contributed by atoms with Crippen molar-refractivity contribution >= 4 is 34.2 Å². The molecule has 0 radical (unpaired) electrons. The minimum atomic E-state index is -0.174. The number of carbonyl (C=O) groups excluding carboxylic acids is 1. The molecule has 1 aromatic carbocycles. The number of amides is 1. The van der Waals surface area contributed by atoms with Gasteiger partial charge in [-0.25, -0.2) is 4.98 Å². The molecule has 0 N–H and O–H groups in total. The summed E-state index contributed by atoms with van der Waals surface area (Å²) in [5.41, 5.74) is 1.55. The molecule has 0 spiro atoms. The van der Waals surface area contributed by atoms with E-state index in [0.29, 0.717) is 11.7 Å². The number of para-hydroxylation sites is 1. The summed E-state index contributed by atoms with van der Waals surface area (Å²) in [6.07, 6.45) is 2.30. The molecule has 1 atom stereocenters. The van der Waals surface area contributed by atoms with Crippen molar-refractivity contribution in [1.82, 2.24) is 24.5 Å². The van der Waals surface area contributed by atoms with Crippen LogP contribution in [-0.2, 0) is 10.2 Å². The van der Waals surface area contributed by atoms with E-state index in [2.05, 4.69) is 37.9 Å². The highest BCUT2D eigenvalue weighted by molar-refractivity contribution is 7.99. The van der Waals surface area contributed by atoms with Crippen molar-refractivity contribution < 1.29 is 4.79 Å². The van der Waals surface area contributed by atoms with Gasteiger partial charge >= 0.3 is 0 Å². The molecule has 3 aromatic rings. The molecule has 28 heavy (non-hydrogen) atoms. The van der Waals surface area contributed by atoms with Crippen LogP contribution in [0.15, 0.2) is 29.4 Å². The average Bonchev–Trinajstić information content (AvgIpc) is 3.09. The third-order valence-corrected chi connectivity index (χ3v) is 6.14. The van der Waals surface area contributed by atoms with Crippen LogP contribution >= 0.6 is 11.8 Å². The van der Waals surface area contributed by atoms with Crippen molar-refractivity contribution in [3.63, 3.8) is 0 Å². The number of benzene rings is 1. The Morgan fingerprint density at radius 2 is 2.04 bits per heavy atom. The molecule has 1 aliphatic heterocycles. The van der Waals surface area contributed by atoms with E-state index in [9.17, 15) is 4.79 Å². The van der Waals surface area contributed by atoms with E-state index in [1.54, 1.807) is 0 Å². The predicted octanol–water partition coefficient (Wildman–Crippen LogP) is 3.93. The Morgan fingerprint density at radius 3 is 2.79 bits per heavy atom. The van der Waals surface area contributed by atoms with Gasteiger partial charge in [-0.3, -0.25) is 9.20 Å². The third-order valence-electron chi connectivity index (χ3n) is 5.22. The molecule has 1 amide bonds. The topological polar surface area (TPSA) is 63.4 Å². The summed E-state index contributed by atoms with van der Waals surface area (Å²) in [5.74, 6) is 2.05. The molecule has 6 nitrogen and oxygen atoms in total. The number of carbonyl (C=O) groups is 1. The van der Waals surface area contributed by atoms with Gasteiger partial charge < -0.3 is 4.90 Å². The first-order chi connectivity index (χ1) is 13.3. The van der Waals surface area contributed by atoms with Gasteiger partial charge in [0.2, 0.25) is 5.91 Å². The van der Waals surface area contributed by atoms with E-state index in [0.717, 1.165) is 47.0 Å². The summed E-state index contributed by atoms with van der Waals surface area (Å²) in [4.78, 5) is 19.6. The molecule has 2 aromatic heterocycles. The van der Waals surface area contributed by atoms with E-state index in [1.807, 2.05) is 33.6 Å². The van der Waals surface area contributed by atoms with Crippen molar-refractivity contribution in [1.29, 1.82) is 0 Å². The molecule has 0 aliphatic carbocycles. The summed E-state index contributed by atoms with van der Waals surface area (Å²) in [6, 6.07) is 8.01. The van der Waals surface area contributed by atoms with Crippen LogP contribution in [0.3, 0.4) is 0 Å². The zero-order chi connectivity index (χ0) is 19.9. The van der Waals surface area contributed by atoms with Gasteiger partial charge in [0, 0.05) is 23.9 Å². The van der Waals surface area contributed by atoms with Gasteiger partial charge in [0.05, 0.1) is 11.3 Å². The molecule has 0 saturated carbocycles. The number of nitrogens with zero attached hydrogens (tertiary/aromatic N) is 5. The molecular weight excluding hydrogens is 370 g/mol. The number of piperidine rings is 1. The fourth-order valence-electron chi connectivity index (χ4n) is 3.79.